The Balaban J connectivity index is 2.00. The molecule has 0 aliphatic carbocycles. The van der Waals surface area contributed by atoms with E-state index in [2.05, 4.69) is 29.2 Å². The van der Waals surface area contributed by atoms with Gasteiger partial charge in [0.2, 0.25) is 11.1 Å². The first-order valence-corrected chi connectivity index (χ1v) is 11.4. The standard InChI is InChI=1S/C22H30N4O3S/c1-6-8-13-28-20(27)18-15(5)23-21-24-22(30-7-2)25-26(21)19(18)16-9-11-17(12-10-16)29-14(3)4/h9-12,14,19H,6-8,13H2,1-5H3,(H,23,24,25). The van der Waals surface area contributed by atoms with Crippen molar-refractivity contribution >= 4 is 23.7 Å². The maximum atomic E-state index is 13.0. The number of hydrogen-bond acceptors (Lipinski definition) is 7. The molecule has 2 aromatic rings. The number of nitrogens with one attached hydrogen (secondary N) is 1. The number of nitrogens with zero attached hydrogens (tertiary/aromatic N) is 3. The first kappa shape index (κ1) is 22.2. The van der Waals surface area contributed by atoms with Gasteiger partial charge < -0.3 is 14.8 Å². The van der Waals surface area contributed by atoms with Crippen LogP contribution in [0.15, 0.2) is 40.7 Å². The first-order valence-electron chi connectivity index (χ1n) is 10.4. The van der Waals surface area contributed by atoms with E-state index in [1.54, 1.807) is 16.4 Å². The van der Waals surface area contributed by atoms with Crippen LogP contribution in [0.1, 0.15) is 59.1 Å². The van der Waals surface area contributed by atoms with Gasteiger partial charge in [-0.3, -0.25) is 0 Å². The molecule has 1 aromatic heterocycles. The largest absolute Gasteiger partial charge is 0.491 e. The van der Waals surface area contributed by atoms with Gasteiger partial charge >= 0.3 is 5.97 Å². The van der Waals surface area contributed by atoms with Gasteiger partial charge in [0.1, 0.15) is 11.8 Å². The molecule has 1 aliphatic rings. The van der Waals surface area contributed by atoms with Crippen LogP contribution in [0.4, 0.5) is 5.95 Å². The fourth-order valence-electron chi connectivity index (χ4n) is 3.28. The number of esters is 1. The maximum absolute atomic E-state index is 13.0. The highest BCUT2D eigenvalue weighted by atomic mass is 32.2. The predicted octanol–water partition coefficient (Wildman–Crippen LogP) is 4.81. The Labute approximate surface area is 182 Å². The summed E-state index contributed by atoms with van der Waals surface area (Å²) in [6.45, 7) is 10.4. The Kier molecular flexibility index (Phi) is 7.42. The molecule has 3 rings (SSSR count). The fraction of sp³-hybridized carbons (Fsp3) is 0.500. The summed E-state index contributed by atoms with van der Waals surface area (Å²) in [5.41, 5.74) is 2.21. The minimum absolute atomic E-state index is 0.0940. The third kappa shape index (κ3) is 4.98. The number of unbranched alkanes of at least 4 members (excludes halogenated alkanes) is 1. The van der Waals surface area contributed by atoms with Crippen LogP contribution in [0.2, 0.25) is 0 Å². The normalized spacial score (nSPS) is 15.7. The van der Waals surface area contributed by atoms with Crippen molar-refractivity contribution in [2.75, 3.05) is 17.7 Å². The van der Waals surface area contributed by atoms with Gasteiger partial charge in [0.05, 0.1) is 18.3 Å². The summed E-state index contributed by atoms with van der Waals surface area (Å²) in [5.74, 6) is 1.96. The molecular formula is C22H30N4O3S. The van der Waals surface area contributed by atoms with Crippen molar-refractivity contribution in [1.82, 2.24) is 14.8 Å². The second kappa shape index (κ2) is 10.0. The van der Waals surface area contributed by atoms with E-state index < -0.39 is 6.04 Å². The van der Waals surface area contributed by atoms with Crippen LogP contribution in [0.5, 0.6) is 5.75 Å². The molecule has 0 spiro atoms. The van der Waals surface area contributed by atoms with Crippen molar-refractivity contribution in [3.05, 3.63) is 41.1 Å². The molecule has 1 N–H and O–H groups in total. The molecule has 0 radical (unpaired) electrons. The summed E-state index contributed by atoms with van der Waals surface area (Å²) in [4.78, 5) is 17.6. The van der Waals surface area contributed by atoms with E-state index in [4.69, 9.17) is 9.47 Å². The van der Waals surface area contributed by atoms with E-state index in [-0.39, 0.29) is 12.1 Å². The summed E-state index contributed by atoms with van der Waals surface area (Å²) < 4.78 is 13.1. The zero-order valence-corrected chi connectivity index (χ0v) is 19.1. The zero-order valence-electron chi connectivity index (χ0n) is 18.3. The summed E-state index contributed by atoms with van der Waals surface area (Å²) in [6, 6.07) is 7.37. The lowest BCUT2D eigenvalue weighted by Crippen LogP contribution is -2.29. The van der Waals surface area contributed by atoms with Gasteiger partial charge in [-0.15, -0.1) is 5.10 Å². The summed E-state index contributed by atoms with van der Waals surface area (Å²) in [5, 5.41) is 8.57. The number of carbonyl (C=O) groups is 1. The average molecular weight is 431 g/mol. The number of ether oxygens (including phenoxy) is 2. The first-order chi connectivity index (χ1) is 14.4. The molecule has 7 nitrogen and oxygen atoms in total. The lowest BCUT2D eigenvalue weighted by molar-refractivity contribution is -0.139. The van der Waals surface area contributed by atoms with E-state index in [0.29, 0.717) is 23.3 Å². The number of anilines is 1. The molecule has 2 heterocycles. The van der Waals surface area contributed by atoms with Gasteiger partial charge in [-0.05, 0) is 50.6 Å². The molecule has 0 fully saturated rings. The van der Waals surface area contributed by atoms with E-state index >= 15 is 0 Å². The number of rotatable bonds is 9. The molecule has 0 amide bonds. The van der Waals surface area contributed by atoms with E-state index in [9.17, 15) is 4.79 Å². The summed E-state index contributed by atoms with van der Waals surface area (Å²) in [7, 11) is 0. The molecule has 1 aliphatic heterocycles. The predicted molar refractivity (Wildman–Crippen MR) is 119 cm³/mol. The Morgan fingerprint density at radius 3 is 2.63 bits per heavy atom. The van der Waals surface area contributed by atoms with Crippen molar-refractivity contribution in [2.45, 2.75) is 64.8 Å². The van der Waals surface area contributed by atoms with Crippen LogP contribution in [-0.4, -0.2) is 39.2 Å². The SMILES string of the molecule is CCCCOC(=O)C1=C(C)Nc2nc(SCC)nn2C1c1ccc(OC(C)C)cc1. The molecule has 1 unspecified atom stereocenters. The summed E-state index contributed by atoms with van der Waals surface area (Å²) in [6.07, 6.45) is 1.90. The topological polar surface area (TPSA) is 78.3 Å². The van der Waals surface area contributed by atoms with E-state index in [0.717, 1.165) is 35.6 Å². The fourth-order valence-corrected chi connectivity index (χ4v) is 3.84. The van der Waals surface area contributed by atoms with Gasteiger partial charge in [0.25, 0.3) is 0 Å². The highest BCUT2D eigenvalue weighted by molar-refractivity contribution is 7.99. The molecule has 0 saturated carbocycles. The van der Waals surface area contributed by atoms with Crippen LogP contribution in [0.3, 0.4) is 0 Å². The molecule has 162 valence electrons. The number of hydrogen-bond donors (Lipinski definition) is 1. The number of carbonyl (C=O) groups excluding carboxylic acids is 1. The third-order valence-corrected chi connectivity index (χ3v) is 5.34. The Hall–Kier alpha value is -2.48. The monoisotopic (exact) mass is 430 g/mol. The number of thioether (sulfide) groups is 1. The van der Waals surface area contributed by atoms with Crippen molar-refractivity contribution in [1.29, 1.82) is 0 Å². The molecule has 0 saturated heterocycles. The highest BCUT2D eigenvalue weighted by Gasteiger charge is 2.35. The Morgan fingerprint density at radius 2 is 2.00 bits per heavy atom. The second-order valence-corrected chi connectivity index (χ2v) is 8.62. The number of fused-ring (bicyclic) bond motifs is 1. The average Bonchev–Trinajstić information content (AvgIpc) is 3.09. The van der Waals surface area contributed by atoms with Crippen LogP contribution in [-0.2, 0) is 9.53 Å². The van der Waals surface area contributed by atoms with Crippen molar-refractivity contribution in [3.63, 3.8) is 0 Å². The molecule has 30 heavy (non-hydrogen) atoms. The van der Waals surface area contributed by atoms with Crippen LogP contribution >= 0.6 is 11.8 Å². The quantitative estimate of drug-likeness (QED) is 0.347. The molecule has 1 atom stereocenters. The summed E-state index contributed by atoms with van der Waals surface area (Å²) >= 11 is 1.57. The van der Waals surface area contributed by atoms with Crippen LogP contribution in [0.25, 0.3) is 0 Å². The number of aromatic nitrogens is 3. The minimum atomic E-state index is -0.415. The molecule has 0 bridgehead atoms. The van der Waals surface area contributed by atoms with E-state index in [1.165, 1.54) is 0 Å². The lowest BCUT2D eigenvalue weighted by Gasteiger charge is -2.28. The van der Waals surface area contributed by atoms with Gasteiger partial charge in [-0.25, -0.2) is 9.48 Å². The van der Waals surface area contributed by atoms with Gasteiger partial charge in [-0.1, -0.05) is 44.2 Å². The van der Waals surface area contributed by atoms with Crippen molar-refractivity contribution < 1.29 is 14.3 Å². The second-order valence-electron chi connectivity index (χ2n) is 7.39. The lowest BCUT2D eigenvalue weighted by atomic mass is 9.95. The zero-order chi connectivity index (χ0) is 21.7. The van der Waals surface area contributed by atoms with Crippen molar-refractivity contribution in [2.24, 2.45) is 0 Å². The van der Waals surface area contributed by atoms with Crippen LogP contribution < -0.4 is 10.1 Å². The third-order valence-electron chi connectivity index (χ3n) is 4.63. The van der Waals surface area contributed by atoms with E-state index in [1.807, 2.05) is 45.0 Å². The minimum Gasteiger partial charge on any atom is -0.491 e. The van der Waals surface area contributed by atoms with Crippen molar-refractivity contribution in [3.8, 4) is 5.75 Å². The number of allylic oxidation sites excluding steroid dienone is 1. The Bertz CT molecular complexity index is 906. The van der Waals surface area contributed by atoms with Gasteiger partial charge in [-0.2, -0.15) is 4.98 Å². The molecule has 8 heteroatoms. The molecule has 1 aromatic carbocycles. The highest BCUT2D eigenvalue weighted by Crippen LogP contribution is 2.37. The Morgan fingerprint density at radius 1 is 1.27 bits per heavy atom. The smallest absolute Gasteiger partial charge is 0.338 e. The van der Waals surface area contributed by atoms with Gasteiger partial charge in [0.15, 0.2) is 0 Å². The van der Waals surface area contributed by atoms with Crippen LogP contribution in [0, 0.1) is 0 Å². The maximum Gasteiger partial charge on any atom is 0.338 e. The number of benzene rings is 1. The van der Waals surface area contributed by atoms with Gasteiger partial charge in [0, 0.05) is 5.70 Å². The molecular weight excluding hydrogens is 400 g/mol.